The van der Waals surface area contributed by atoms with Gasteiger partial charge in [0, 0.05) is 12.6 Å². The monoisotopic (exact) mass is 267 g/mol. The molecule has 7 nitrogen and oxygen atoms in total. The number of carbonyl (C=O) groups is 1. The lowest BCUT2D eigenvalue weighted by Crippen LogP contribution is -2.45. The predicted molar refractivity (Wildman–Crippen MR) is 70.5 cm³/mol. The number of nitrogens with two attached hydrogens (primary N) is 1. The van der Waals surface area contributed by atoms with E-state index in [0.717, 1.165) is 13.1 Å². The van der Waals surface area contributed by atoms with E-state index < -0.39 is 0 Å². The van der Waals surface area contributed by atoms with Crippen LogP contribution in [0, 0.1) is 5.92 Å². The third kappa shape index (κ3) is 3.23. The Kier molecular flexibility index (Phi) is 4.36. The molecule has 2 rings (SSSR count). The van der Waals surface area contributed by atoms with E-state index in [-0.39, 0.29) is 17.4 Å². The van der Waals surface area contributed by atoms with Crippen molar-refractivity contribution in [2.24, 2.45) is 5.92 Å². The van der Waals surface area contributed by atoms with E-state index in [1.807, 2.05) is 0 Å². The predicted octanol–water partition coefficient (Wildman–Crippen LogP) is 0.502. The Morgan fingerprint density at radius 1 is 1.42 bits per heavy atom. The van der Waals surface area contributed by atoms with Crippen LogP contribution in [-0.4, -0.2) is 46.8 Å². The molecule has 1 atom stereocenters. The topological polar surface area (TPSA) is 97.3 Å². The van der Waals surface area contributed by atoms with Gasteiger partial charge in [-0.15, -0.1) is 0 Å². The molecule has 0 aromatic carbocycles. The molecule has 1 aliphatic heterocycles. The van der Waals surface area contributed by atoms with Crippen LogP contribution in [0.15, 0.2) is 4.63 Å². The molecule has 0 radical (unpaired) electrons. The van der Waals surface area contributed by atoms with Crippen molar-refractivity contribution in [3.8, 4) is 0 Å². The Hall–Kier alpha value is -1.63. The highest BCUT2D eigenvalue weighted by molar-refractivity contribution is 5.95. The van der Waals surface area contributed by atoms with Gasteiger partial charge < -0.3 is 11.1 Å². The summed E-state index contributed by atoms with van der Waals surface area (Å²) in [7, 11) is 0. The molecule has 1 aromatic rings. The van der Waals surface area contributed by atoms with Crippen LogP contribution in [-0.2, 0) is 0 Å². The number of hydrogen-bond acceptors (Lipinski definition) is 6. The molecule has 1 aliphatic rings. The molecule has 0 saturated carbocycles. The minimum absolute atomic E-state index is 0.0276. The number of rotatable bonds is 5. The number of nitrogens with zero attached hydrogens (tertiary/aromatic N) is 3. The molecule has 1 unspecified atom stereocenters. The molecular formula is C12H21N5O2. The normalized spacial score (nSPS) is 17.8. The van der Waals surface area contributed by atoms with Gasteiger partial charge in [0.25, 0.3) is 5.91 Å². The third-order valence-electron chi connectivity index (χ3n) is 3.58. The largest absolute Gasteiger partial charge is 0.379 e. The molecule has 7 heteroatoms. The molecule has 1 fully saturated rings. The Morgan fingerprint density at radius 2 is 2.11 bits per heavy atom. The van der Waals surface area contributed by atoms with Crippen LogP contribution in [0.5, 0.6) is 0 Å². The summed E-state index contributed by atoms with van der Waals surface area (Å²) in [4.78, 5) is 14.3. The highest BCUT2D eigenvalue weighted by Crippen LogP contribution is 2.17. The van der Waals surface area contributed by atoms with Crippen molar-refractivity contribution in [3.63, 3.8) is 0 Å². The van der Waals surface area contributed by atoms with Gasteiger partial charge in [0.05, 0.1) is 0 Å². The summed E-state index contributed by atoms with van der Waals surface area (Å²) >= 11 is 0. The molecule has 1 aromatic heterocycles. The fourth-order valence-electron chi connectivity index (χ4n) is 2.49. The minimum atomic E-state index is -0.330. The molecule has 0 bridgehead atoms. The summed E-state index contributed by atoms with van der Waals surface area (Å²) in [5.74, 6) is 0.176. The minimum Gasteiger partial charge on any atom is -0.379 e. The Balaban J connectivity index is 1.92. The Bertz CT molecular complexity index is 426. The van der Waals surface area contributed by atoms with Crippen LogP contribution >= 0.6 is 0 Å². The van der Waals surface area contributed by atoms with Crippen LogP contribution in [0.4, 0.5) is 5.82 Å². The second-order valence-corrected chi connectivity index (χ2v) is 5.26. The van der Waals surface area contributed by atoms with E-state index in [9.17, 15) is 4.79 Å². The standard InChI is InChI=1S/C12H21N5O2/c1-8(2)9(17-5-3-4-6-17)7-14-12(18)10-11(13)16-19-15-10/h8-9H,3-7H2,1-2H3,(H2,13,16)(H,14,18). The molecule has 106 valence electrons. The number of anilines is 1. The fourth-order valence-corrected chi connectivity index (χ4v) is 2.49. The fraction of sp³-hybridized carbons (Fsp3) is 0.750. The first-order valence-electron chi connectivity index (χ1n) is 6.70. The van der Waals surface area contributed by atoms with Crippen molar-refractivity contribution < 1.29 is 9.42 Å². The van der Waals surface area contributed by atoms with E-state index in [1.54, 1.807) is 0 Å². The number of nitrogens with one attached hydrogen (secondary N) is 1. The lowest BCUT2D eigenvalue weighted by atomic mass is 10.0. The molecule has 0 aliphatic carbocycles. The summed E-state index contributed by atoms with van der Waals surface area (Å²) in [6.45, 7) is 7.13. The lowest BCUT2D eigenvalue weighted by Gasteiger charge is -2.30. The van der Waals surface area contributed by atoms with E-state index in [2.05, 4.69) is 39.0 Å². The van der Waals surface area contributed by atoms with Gasteiger partial charge in [0.15, 0.2) is 0 Å². The average molecular weight is 267 g/mol. The zero-order valence-corrected chi connectivity index (χ0v) is 11.4. The van der Waals surface area contributed by atoms with Crippen LogP contribution in [0.25, 0.3) is 0 Å². The number of likely N-dealkylation sites (tertiary alicyclic amines) is 1. The summed E-state index contributed by atoms with van der Waals surface area (Å²) in [5, 5.41) is 9.76. The molecule has 0 spiro atoms. The number of amides is 1. The van der Waals surface area contributed by atoms with E-state index in [1.165, 1.54) is 12.8 Å². The zero-order chi connectivity index (χ0) is 13.8. The smallest absolute Gasteiger partial charge is 0.277 e. The maximum atomic E-state index is 11.9. The number of nitrogen functional groups attached to an aromatic ring is 1. The zero-order valence-electron chi connectivity index (χ0n) is 11.4. The first kappa shape index (κ1) is 13.8. The van der Waals surface area contributed by atoms with E-state index in [4.69, 9.17) is 5.73 Å². The molecule has 19 heavy (non-hydrogen) atoms. The average Bonchev–Trinajstić information content (AvgIpc) is 3.00. The molecule has 3 N–H and O–H groups in total. The molecule has 1 amide bonds. The second kappa shape index (κ2) is 6.01. The molecule has 2 heterocycles. The van der Waals surface area contributed by atoms with Crippen LogP contribution < -0.4 is 11.1 Å². The first-order valence-corrected chi connectivity index (χ1v) is 6.70. The van der Waals surface area contributed by atoms with Gasteiger partial charge in [0.1, 0.15) is 0 Å². The third-order valence-corrected chi connectivity index (χ3v) is 3.58. The maximum Gasteiger partial charge on any atom is 0.277 e. The van der Waals surface area contributed by atoms with E-state index >= 15 is 0 Å². The maximum absolute atomic E-state index is 11.9. The summed E-state index contributed by atoms with van der Waals surface area (Å²) in [6, 6.07) is 0.340. The summed E-state index contributed by atoms with van der Waals surface area (Å²) in [5.41, 5.74) is 5.55. The van der Waals surface area contributed by atoms with Crippen LogP contribution in [0.2, 0.25) is 0 Å². The second-order valence-electron chi connectivity index (χ2n) is 5.26. The van der Waals surface area contributed by atoms with Gasteiger partial charge in [-0.05, 0) is 42.2 Å². The Labute approximate surface area is 112 Å². The van der Waals surface area contributed by atoms with Gasteiger partial charge in [-0.25, -0.2) is 4.63 Å². The van der Waals surface area contributed by atoms with Crippen molar-refractivity contribution in [1.29, 1.82) is 0 Å². The van der Waals surface area contributed by atoms with Crippen molar-refractivity contribution >= 4 is 11.7 Å². The highest BCUT2D eigenvalue weighted by Gasteiger charge is 2.26. The van der Waals surface area contributed by atoms with Crippen molar-refractivity contribution in [2.75, 3.05) is 25.4 Å². The Morgan fingerprint density at radius 3 is 2.63 bits per heavy atom. The summed E-state index contributed by atoms with van der Waals surface area (Å²) < 4.78 is 4.42. The van der Waals surface area contributed by atoms with Crippen molar-refractivity contribution in [1.82, 2.24) is 20.5 Å². The van der Waals surface area contributed by atoms with Gasteiger partial charge in [-0.3, -0.25) is 9.69 Å². The first-order chi connectivity index (χ1) is 9.09. The van der Waals surface area contributed by atoms with Gasteiger partial charge in [-0.1, -0.05) is 13.8 Å². The van der Waals surface area contributed by atoms with Crippen LogP contribution in [0.3, 0.4) is 0 Å². The quantitative estimate of drug-likeness (QED) is 0.806. The summed E-state index contributed by atoms with van der Waals surface area (Å²) in [6.07, 6.45) is 2.47. The van der Waals surface area contributed by atoms with Gasteiger partial charge in [0.2, 0.25) is 11.5 Å². The molecule has 1 saturated heterocycles. The number of carbonyl (C=O) groups excluding carboxylic acids is 1. The SMILES string of the molecule is CC(C)C(CNC(=O)c1nonc1N)N1CCCC1. The molecular weight excluding hydrogens is 246 g/mol. The highest BCUT2D eigenvalue weighted by atomic mass is 16.6. The van der Waals surface area contributed by atoms with E-state index in [0.29, 0.717) is 18.5 Å². The van der Waals surface area contributed by atoms with Crippen molar-refractivity contribution in [3.05, 3.63) is 5.69 Å². The van der Waals surface area contributed by atoms with Gasteiger partial charge in [-0.2, -0.15) is 0 Å². The number of aromatic nitrogens is 2. The van der Waals surface area contributed by atoms with Crippen LogP contribution in [0.1, 0.15) is 37.2 Å². The van der Waals surface area contributed by atoms with Crippen molar-refractivity contribution in [2.45, 2.75) is 32.7 Å². The lowest BCUT2D eigenvalue weighted by molar-refractivity contribution is 0.0918. The number of hydrogen-bond donors (Lipinski definition) is 2. The van der Waals surface area contributed by atoms with Gasteiger partial charge >= 0.3 is 0 Å².